The Balaban J connectivity index is 1.49. The van der Waals surface area contributed by atoms with Crippen molar-refractivity contribution in [1.82, 2.24) is 5.32 Å². The van der Waals surface area contributed by atoms with Crippen LogP contribution in [0.5, 0.6) is 5.75 Å². The van der Waals surface area contributed by atoms with E-state index in [2.05, 4.69) is 5.32 Å². The molecule has 0 amide bonds. The highest BCUT2D eigenvalue weighted by atomic mass is 19.4. The zero-order valence-electron chi connectivity index (χ0n) is 13.7. The molecular weight excluding hydrogens is 327 g/mol. The van der Waals surface area contributed by atoms with Gasteiger partial charge < -0.3 is 10.1 Å². The number of hydrogen-bond acceptors (Lipinski definition) is 2. The van der Waals surface area contributed by atoms with Crippen molar-refractivity contribution in [2.24, 2.45) is 0 Å². The van der Waals surface area contributed by atoms with E-state index in [1.54, 1.807) is 0 Å². The van der Waals surface area contributed by atoms with E-state index >= 15 is 0 Å². The van der Waals surface area contributed by atoms with E-state index in [0.717, 1.165) is 41.9 Å². The van der Waals surface area contributed by atoms with Crippen LogP contribution in [0.4, 0.5) is 13.2 Å². The SMILES string of the molecule is FC(F)(F)c1ccc(-c2cccc(OC3C[C@H]4CC[C@@H](C3)N4)c2)cc1. The maximum atomic E-state index is 12.7. The average Bonchev–Trinajstić information content (AvgIpc) is 2.93. The molecule has 2 aliphatic heterocycles. The zero-order valence-corrected chi connectivity index (χ0v) is 13.7. The first kappa shape index (κ1) is 16.5. The summed E-state index contributed by atoms with van der Waals surface area (Å²) in [6.45, 7) is 0. The number of piperidine rings is 1. The lowest BCUT2D eigenvalue weighted by Gasteiger charge is -2.29. The first-order valence-electron chi connectivity index (χ1n) is 8.68. The second kappa shape index (κ2) is 6.37. The summed E-state index contributed by atoms with van der Waals surface area (Å²) in [4.78, 5) is 0. The van der Waals surface area contributed by atoms with Gasteiger partial charge in [0.05, 0.1) is 5.56 Å². The molecule has 5 heteroatoms. The van der Waals surface area contributed by atoms with Gasteiger partial charge in [-0.15, -0.1) is 0 Å². The summed E-state index contributed by atoms with van der Waals surface area (Å²) in [6.07, 6.45) is 0.369. The fourth-order valence-electron chi connectivity index (χ4n) is 3.89. The van der Waals surface area contributed by atoms with Gasteiger partial charge in [-0.3, -0.25) is 0 Å². The summed E-state index contributed by atoms with van der Waals surface area (Å²) >= 11 is 0. The van der Waals surface area contributed by atoms with Crippen molar-refractivity contribution >= 4 is 0 Å². The molecule has 2 fully saturated rings. The molecule has 1 unspecified atom stereocenters. The number of hydrogen-bond donors (Lipinski definition) is 1. The maximum absolute atomic E-state index is 12.7. The van der Waals surface area contributed by atoms with Crippen LogP contribution in [0.2, 0.25) is 0 Å². The molecule has 2 nitrogen and oxygen atoms in total. The van der Waals surface area contributed by atoms with Gasteiger partial charge in [-0.1, -0.05) is 24.3 Å². The molecule has 2 aromatic carbocycles. The van der Waals surface area contributed by atoms with Crippen LogP contribution in [0, 0.1) is 0 Å². The summed E-state index contributed by atoms with van der Waals surface area (Å²) in [7, 11) is 0. The lowest BCUT2D eigenvalue weighted by Crippen LogP contribution is -2.42. The van der Waals surface area contributed by atoms with E-state index in [1.165, 1.54) is 25.0 Å². The predicted octanol–water partition coefficient (Wildman–Crippen LogP) is 5.03. The highest BCUT2D eigenvalue weighted by molar-refractivity contribution is 5.65. The summed E-state index contributed by atoms with van der Waals surface area (Å²) in [5, 5.41) is 3.59. The molecule has 2 aromatic rings. The second-order valence-electron chi connectivity index (χ2n) is 6.95. The molecule has 2 heterocycles. The Morgan fingerprint density at radius 2 is 1.56 bits per heavy atom. The van der Waals surface area contributed by atoms with Gasteiger partial charge in [0, 0.05) is 12.1 Å². The third kappa shape index (κ3) is 3.66. The second-order valence-corrected chi connectivity index (χ2v) is 6.95. The molecule has 0 aromatic heterocycles. The largest absolute Gasteiger partial charge is 0.490 e. The van der Waals surface area contributed by atoms with Crippen molar-refractivity contribution in [2.75, 3.05) is 0 Å². The molecule has 2 saturated heterocycles. The fraction of sp³-hybridized carbons (Fsp3) is 0.400. The van der Waals surface area contributed by atoms with Gasteiger partial charge in [-0.25, -0.2) is 0 Å². The maximum Gasteiger partial charge on any atom is 0.416 e. The molecule has 3 atom stereocenters. The topological polar surface area (TPSA) is 21.3 Å². The van der Waals surface area contributed by atoms with Gasteiger partial charge in [0.15, 0.2) is 0 Å². The van der Waals surface area contributed by atoms with Crippen LogP contribution >= 0.6 is 0 Å². The summed E-state index contributed by atoms with van der Waals surface area (Å²) in [6, 6.07) is 14.0. The standard InChI is InChI=1S/C20H20F3NO/c21-20(22,23)15-6-4-13(5-7-15)14-2-1-3-18(10-14)25-19-11-16-8-9-17(12-19)24-16/h1-7,10,16-17,19,24H,8-9,11-12H2/t16-,17+,19?. The lowest BCUT2D eigenvalue weighted by atomic mass is 10.0. The monoisotopic (exact) mass is 347 g/mol. The Morgan fingerprint density at radius 3 is 2.20 bits per heavy atom. The predicted molar refractivity (Wildman–Crippen MR) is 90.5 cm³/mol. The van der Waals surface area contributed by atoms with E-state index in [4.69, 9.17) is 4.74 Å². The van der Waals surface area contributed by atoms with Gasteiger partial charge >= 0.3 is 6.18 Å². The first-order chi connectivity index (χ1) is 12.0. The number of ether oxygens (including phenoxy) is 1. The molecule has 0 radical (unpaired) electrons. The van der Waals surface area contributed by atoms with E-state index in [1.807, 2.05) is 24.3 Å². The fourth-order valence-corrected chi connectivity index (χ4v) is 3.89. The molecule has 132 valence electrons. The number of benzene rings is 2. The van der Waals surface area contributed by atoms with E-state index in [9.17, 15) is 13.2 Å². The van der Waals surface area contributed by atoms with Crippen LogP contribution in [0.1, 0.15) is 31.2 Å². The molecular formula is C20H20F3NO. The van der Waals surface area contributed by atoms with Gasteiger partial charge in [0.25, 0.3) is 0 Å². The minimum atomic E-state index is -4.31. The van der Waals surface area contributed by atoms with Crippen molar-refractivity contribution in [3.63, 3.8) is 0 Å². The van der Waals surface area contributed by atoms with Gasteiger partial charge in [0.1, 0.15) is 11.9 Å². The molecule has 4 rings (SSSR count). The minimum absolute atomic E-state index is 0.210. The van der Waals surface area contributed by atoms with Crippen LogP contribution in [0.25, 0.3) is 11.1 Å². The minimum Gasteiger partial charge on any atom is -0.490 e. The normalized spacial score (nSPS) is 25.8. The van der Waals surface area contributed by atoms with Crippen molar-refractivity contribution < 1.29 is 17.9 Å². The molecule has 0 aliphatic carbocycles. The average molecular weight is 347 g/mol. The third-order valence-electron chi connectivity index (χ3n) is 5.11. The highest BCUT2D eigenvalue weighted by Gasteiger charge is 2.34. The highest BCUT2D eigenvalue weighted by Crippen LogP contribution is 2.33. The molecule has 1 N–H and O–H groups in total. The molecule has 2 aliphatic rings. The van der Waals surface area contributed by atoms with E-state index in [-0.39, 0.29) is 6.10 Å². The number of rotatable bonds is 3. The molecule has 0 spiro atoms. The van der Waals surface area contributed by atoms with Crippen LogP contribution in [0.3, 0.4) is 0 Å². The zero-order chi connectivity index (χ0) is 17.4. The summed E-state index contributed by atoms with van der Waals surface area (Å²) < 4.78 is 44.2. The van der Waals surface area contributed by atoms with Gasteiger partial charge in [-0.05, 0) is 61.1 Å². The number of fused-ring (bicyclic) bond motifs is 2. The Morgan fingerprint density at radius 1 is 0.880 bits per heavy atom. The van der Waals surface area contributed by atoms with Crippen LogP contribution in [-0.4, -0.2) is 18.2 Å². The Bertz CT molecular complexity index is 729. The number of halogens is 3. The molecule has 25 heavy (non-hydrogen) atoms. The van der Waals surface area contributed by atoms with Gasteiger partial charge in [-0.2, -0.15) is 13.2 Å². The van der Waals surface area contributed by atoms with E-state index in [0.29, 0.717) is 12.1 Å². The van der Waals surface area contributed by atoms with Crippen LogP contribution in [-0.2, 0) is 6.18 Å². The van der Waals surface area contributed by atoms with Crippen LogP contribution < -0.4 is 10.1 Å². The smallest absolute Gasteiger partial charge is 0.416 e. The molecule has 2 bridgehead atoms. The van der Waals surface area contributed by atoms with Crippen molar-refractivity contribution in [1.29, 1.82) is 0 Å². The van der Waals surface area contributed by atoms with Crippen molar-refractivity contribution in [3.05, 3.63) is 54.1 Å². The Kier molecular flexibility index (Phi) is 4.20. The third-order valence-corrected chi connectivity index (χ3v) is 5.11. The lowest BCUT2D eigenvalue weighted by molar-refractivity contribution is -0.137. The van der Waals surface area contributed by atoms with Crippen molar-refractivity contribution in [2.45, 2.75) is 50.0 Å². The van der Waals surface area contributed by atoms with Gasteiger partial charge in [0.2, 0.25) is 0 Å². The number of alkyl halides is 3. The quantitative estimate of drug-likeness (QED) is 0.840. The van der Waals surface area contributed by atoms with E-state index < -0.39 is 11.7 Å². The van der Waals surface area contributed by atoms with Crippen molar-refractivity contribution in [3.8, 4) is 16.9 Å². The molecule has 0 saturated carbocycles. The Hall–Kier alpha value is -2.01. The number of nitrogens with one attached hydrogen (secondary N) is 1. The Labute approximate surface area is 145 Å². The summed E-state index contributed by atoms with van der Waals surface area (Å²) in [5.41, 5.74) is 0.987. The van der Waals surface area contributed by atoms with Crippen LogP contribution in [0.15, 0.2) is 48.5 Å². The summed E-state index contributed by atoms with van der Waals surface area (Å²) in [5.74, 6) is 0.781. The first-order valence-corrected chi connectivity index (χ1v) is 8.68.